The lowest BCUT2D eigenvalue weighted by atomic mass is 10.3. The summed E-state index contributed by atoms with van der Waals surface area (Å²) in [6.07, 6.45) is 0. The predicted octanol–water partition coefficient (Wildman–Crippen LogP) is 1.44. The Morgan fingerprint density at radius 3 is 2.94 bits per heavy atom. The summed E-state index contributed by atoms with van der Waals surface area (Å²) in [5.74, 6) is -0.138. The van der Waals surface area contributed by atoms with Crippen LogP contribution in [0.3, 0.4) is 0 Å². The summed E-state index contributed by atoms with van der Waals surface area (Å²) in [5, 5.41) is 3.19. The number of ether oxygens (including phenoxy) is 1. The van der Waals surface area contributed by atoms with E-state index in [0.717, 1.165) is 0 Å². The van der Waals surface area contributed by atoms with E-state index in [1.807, 2.05) is 11.9 Å². The van der Waals surface area contributed by atoms with Crippen LogP contribution in [0.1, 0.15) is 0 Å². The monoisotopic (exact) mass is 271 g/mol. The van der Waals surface area contributed by atoms with E-state index in [2.05, 4.69) is 5.32 Å². The molecular formula is C12H18ClN3O2. The lowest BCUT2D eigenvalue weighted by molar-refractivity contribution is -0.117. The molecule has 5 nitrogen and oxygen atoms in total. The number of amides is 1. The van der Waals surface area contributed by atoms with Gasteiger partial charge in [0.2, 0.25) is 5.91 Å². The van der Waals surface area contributed by atoms with Gasteiger partial charge in [-0.3, -0.25) is 9.69 Å². The highest BCUT2D eigenvalue weighted by atomic mass is 35.5. The molecule has 1 aromatic rings. The summed E-state index contributed by atoms with van der Waals surface area (Å²) in [7, 11) is 3.47. The minimum Gasteiger partial charge on any atom is -0.399 e. The third-order valence-corrected chi connectivity index (χ3v) is 2.68. The average molecular weight is 272 g/mol. The molecule has 0 fully saturated rings. The van der Waals surface area contributed by atoms with E-state index >= 15 is 0 Å². The van der Waals surface area contributed by atoms with E-state index in [1.165, 1.54) is 0 Å². The van der Waals surface area contributed by atoms with Crippen LogP contribution in [0.5, 0.6) is 0 Å². The standard InChI is InChI=1S/C12H18ClN3O2/c1-16(5-6-18-2)8-12(17)15-11-7-9(14)3-4-10(11)13/h3-4,7H,5-6,8,14H2,1-2H3,(H,15,17). The highest BCUT2D eigenvalue weighted by Crippen LogP contribution is 2.23. The summed E-state index contributed by atoms with van der Waals surface area (Å²) < 4.78 is 4.94. The second-order valence-corrected chi connectivity index (χ2v) is 4.43. The maximum atomic E-state index is 11.8. The Balaban J connectivity index is 2.51. The molecule has 0 saturated heterocycles. The number of benzene rings is 1. The van der Waals surface area contributed by atoms with Gasteiger partial charge in [0, 0.05) is 19.3 Å². The first-order valence-corrected chi connectivity index (χ1v) is 5.93. The van der Waals surface area contributed by atoms with Crippen molar-refractivity contribution in [2.75, 3.05) is 44.9 Å². The van der Waals surface area contributed by atoms with Gasteiger partial charge in [-0.15, -0.1) is 0 Å². The van der Waals surface area contributed by atoms with E-state index in [9.17, 15) is 4.79 Å². The highest BCUT2D eigenvalue weighted by molar-refractivity contribution is 6.33. The van der Waals surface area contributed by atoms with Crippen LogP contribution in [0.15, 0.2) is 18.2 Å². The Labute approximate surface area is 112 Å². The fraction of sp³-hybridized carbons (Fsp3) is 0.417. The molecule has 0 aliphatic carbocycles. The average Bonchev–Trinajstić information content (AvgIpc) is 2.31. The second kappa shape index (κ2) is 7.20. The number of nitrogens with zero attached hydrogens (tertiary/aromatic N) is 1. The number of halogens is 1. The molecule has 0 aliphatic heterocycles. The number of methoxy groups -OCH3 is 1. The molecule has 0 heterocycles. The number of likely N-dealkylation sites (N-methyl/N-ethyl adjacent to an activating group) is 1. The second-order valence-electron chi connectivity index (χ2n) is 4.02. The molecule has 3 N–H and O–H groups in total. The first-order chi connectivity index (χ1) is 8.52. The normalized spacial score (nSPS) is 10.7. The Bertz CT molecular complexity index is 412. The number of nitrogens with two attached hydrogens (primary N) is 1. The third-order valence-electron chi connectivity index (χ3n) is 2.36. The molecule has 0 aliphatic rings. The molecule has 6 heteroatoms. The van der Waals surface area contributed by atoms with Crippen molar-refractivity contribution in [1.29, 1.82) is 0 Å². The molecule has 100 valence electrons. The van der Waals surface area contributed by atoms with Crippen molar-refractivity contribution >= 4 is 28.9 Å². The summed E-state index contributed by atoms with van der Waals surface area (Å²) >= 11 is 5.96. The molecule has 18 heavy (non-hydrogen) atoms. The largest absolute Gasteiger partial charge is 0.399 e. The van der Waals surface area contributed by atoms with Crippen LogP contribution in [0.4, 0.5) is 11.4 Å². The first kappa shape index (κ1) is 14.8. The number of carbonyl (C=O) groups is 1. The van der Waals surface area contributed by atoms with Gasteiger partial charge in [-0.05, 0) is 25.2 Å². The van der Waals surface area contributed by atoms with Gasteiger partial charge in [-0.1, -0.05) is 11.6 Å². The smallest absolute Gasteiger partial charge is 0.238 e. The fourth-order valence-corrected chi connectivity index (χ4v) is 1.56. The van der Waals surface area contributed by atoms with Gasteiger partial charge in [-0.25, -0.2) is 0 Å². The maximum absolute atomic E-state index is 11.8. The molecule has 1 aromatic carbocycles. The predicted molar refractivity (Wildman–Crippen MR) is 73.9 cm³/mol. The summed E-state index contributed by atoms with van der Waals surface area (Å²) in [4.78, 5) is 13.6. The van der Waals surface area contributed by atoms with Gasteiger partial charge in [-0.2, -0.15) is 0 Å². The van der Waals surface area contributed by atoms with E-state index < -0.39 is 0 Å². The van der Waals surface area contributed by atoms with Gasteiger partial charge in [0.1, 0.15) is 0 Å². The van der Waals surface area contributed by atoms with Gasteiger partial charge in [0.05, 0.1) is 23.9 Å². The highest BCUT2D eigenvalue weighted by Gasteiger charge is 2.09. The van der Waals surface area contributed by atoms with Crippen molar-refractivity contribution in [3.8, 4) is 0 Å². The molecule has 0 unspecified atom stereocenters. The maximum Gasteiger partial charge on any atom is 0.238 e. The Morgan fingerprint density at radius 1 is 1.56 bits per heavy atom. The lowest BCUT2D eigenvalue weighted by Crippen LogP contribution is -2.32. The quantitative estimate of drug-likeness (QED) is 0.769. The molecule has 0 bridgehead atoms. The molecule has 1 rings (SSSR count). The first-order valence-electron chi connectivity index (χ1n) is 5.55. The van der Waals surface area contributed by atoms with Crippen LogP contribution in [0.2, 0.25) is 5.02 Å². The van der Waals surface area contributed by atoms with Crippen molar-refractivity contribution in [2.45, 2.75) is 0 Å². The summed E-state index contributed by atoms with van der Waals surface area (Å²) in [6.45, 7) is 1.55. The zero-order valence-corrected chi connectivity index (χ0v) is 11.3. The van der Waals surface area contributed by atoms with Gasteiger partial charge in [0.15, 0.2) is 0 Å². The van der Waals surface area contributed by atoms with Gasteiger partial charge in [0.25, 0.3) is 0 Å². The number of hydrogen-bond donors (Lipinski definition) is 2. The van der Waals surface area contributed by atoms with Crippen LogP contribution in [-0.2, 0) is 9.53 Å². The van der Waals surface area contributed by atoms with Crippen molar-refractivity contribution in [3.63, 3.8) is 0 Å². The van der Waals surface area contributed by atoms with Crippen molar-refractivity contribution < 1.29 is 9.53 Å². The van der Waals surface area contributed by atoms with Crippen molar-refractivity contribution in [1.82, 2.24) is 4.90 Å². The van der Waals surface area contributed by atoms with Gasteiger partial charge < -0.3 is 15.8 Å². The Hall–Kier alpha value is -1.30. The van der Waals surface area contributed by atoms with Crippen molar-refractivity contribution in [3.05, 3.63) is 23.2 Å². The van der Waals surface area contributed by atoms with Crippen LogP contribution < -0.4 is 11.1 Å². The van der Waals surface area contributed by atoms with E-state index in [1.54, 1.807) is 25.3 Å². The topological polar surface area (TPSA) is 67.6 Å². The Morgan fingerprint density at radius 2 is 2.28 bits per heavy atom. The zero-order valence-electron chi connectivity index (χ0n) is 10.6. The lowest BCUT2D eigenvalue weighted by Gasteiger charge is -2.16. The number of hydrogen-bond acceptors (Lipinski definition) is 4. The minimum atomic E-state index is -0.138. The van der Waals surface area contributed by atoms with E-state index in [0.29, 0.717) is 29.5 Å². The minimum absolute atomic E-state index is 0.138. The van der Waals surface area contributed by atoms with Crippen LogP contribution in [0.25, 0.3) is 0 Å². The summed E-state index contributed by atoms with van der Waals surface area (Å²) in [5.41, 5.74) is 6.72. The molecule has 1 amide bonds. The number of anilines is 2. The molecule has 0 atom stereocenters. The third kappa shape index (κ3) is 4.91. The molecule has 0 aromatic heterocycles. The molecule has 0 radical (unpaired) electrons. The number of nitrogens with one attached hydrogen (secondary N) is 1. The molecular weight excluding hydrogens is 254 g/mol. The van der Waals surface area contributed by atoms with Crippen molar-refractivity contribution in [2.24, 2.45) is 0 Å². The van der Waals surface area contributed by atoms with E-state index in [4.69, 9.17) is 22.1 Å². The number of nitrogen functional groups attached to an aromatic ring is 1. The van der Waals surface area contributed by atoms with Crippen LogP contribution in [0, 0.1) is 0 Å². The zero-order chi connectivity index (χ0) is 13.5. The SMILES string of the molecule is COCCN(C)CC(=O)Nc1cc(N)ccc1Cl. The molecule has 0 spiro atoms. The molecule has 0 saturated carbocycles. The summed E-state index contributed by atoms with van der Waals surface area (Å²) in [6, 6.07) is 4.97. The van der Waals surface area contributed by atoms with Gasteiger partial charge >= 0.3 is 0 Å². The van der Waals surface area contributed by atoms with Crippen LogP contribution in [-0.4, -0.2) is 44.7 Å². The number of rotatable bonds is 6. The fourth-order valence-electron chi connectivity index (χ4n) is 1.40. The Kier molecular flexibility index (Phi) is 5.91. The van der Waals surface area contributed by atoms with Crippen LogP contribution >= 0.6 is 11.6 Å². The number of carbonyl (C=O) groups excluding carboxylic acids is 1. The van der Waals surface area contributed by atoms with E-state index in [-0.39, 0.29) is 12.5 Å².